The number of rotatable bonds is 6. The van der Waals surface area contributed by atoms with Crippen LogP contribution in [0.15, 0.2) is 24.3 Å². The summed E-state index contributed by atoms with van der Waals surface area (Å²) in [7, 11) is -2.99. The standard InChI is InChI=1S/C16H20N2O3S2/c1-2-18(15-6-7-23(20,21)12-15)16(19)11-22-10-14-5-3-4-13(8-14)9-17/h3-5,8,15H,2,6-7,10-12H2,1H3/t15-/m1/s1. The third-order valence-corrected chi connectivity index (χ3v) is 6.60. The minimum Gasteiger partial charge on any atom is -0.338 e. The van der Waals surface area contributed by atoms with E-state index >= 15 is 0 Å². The summed E-state index contributed by atoms with van der Waals surface area (Å²) < 4.78 is 23.1. The van der Waals surface area contributed by atoms with Crippen LogP contribution in [0.1, 0.15) is 24.5 Å². The molecule has 0 aliphatic carbocycles. The van der Waals surface area contributed by atoms with Crippen LogP contribution in [0.25, 0.3) is 0 Å². The maximum absolute atomic E-state index is 12.3. The van der Waals surface area contributed by atoms with Gasteiger partial charge in [-0.1, -0.05) is 12.1 Å². The number of carbonyl (C=O) groups is 1. The molecule has 0 bridgehead atoms. The molecule has 0 aromatic heterocycles. The highest BCUT2D eigenvalue weighted by Gasteiger charge is 2.33. The highest BCUT2D eigenvalue weighted by Crippen LogP contribution is 2.20. The SMILES string of the molecule is CCN(C(=O)CSCc1cccc(C#N)c1)[C@@H]1CCS(=O)(=O)C1. The molecule has 1 heterocycles. The molecule has 1 aliphatic heterocycles. The predicted octanol–water partition coefficient (Wildman–Crippen LogP) is 1.83. The molecule has 5 nitrogen and oxygen atoms in total. The highest BCUT2D eigenvalue weighted by molar-refractivity contribution is 7.99. The second-order valence-electron chi connectivity index (χ2n) is 5.54. The quantitative estimate of drug-likeness (QED) is 0.780. The minimum atomic E-state index is -2.99. The van der Waals surface area contributed by atoms with E-state index in [1.54, 1.807) is 11.0 Å². The molecule has 0 N–H and O–H groups in total. The lowest BCUT2D eigenvalue weighted by atomic mass is 10.2. The fourth-order valence-corrected chi connectivity index (χ4v) is 5.32. The summed E-state index contributed by atoms with van der Waals surface area (Å²) in [6, 6.07) is 9.24. The Labute approximate surface area is 141 Å². The van der Waals surface area contributed by atoms with E-state index in [0.717, 1.165) is 5.56 Å². The predicted molar refractivity (Wildman–Crippen MR) is 91.8 cm³/mol. The first-order valence-electron chi connectivity index (χ1n) is 7.52. The highest BCUT2D eigenvalue weighted by atomic mass is 32.2. The second kappa shape index (κ2) is 7.84. The molecule has 1 aromatic rings. The summed E-state index contributed by atoms with van der Waals surface area (Å²) in [4.78, 5) is 14.0. The van der Waals surface area contributed by atoms with Crippen LogP contribution < -0.4 is 0 Å². The van der Waals surface area contributed by atoms with E-state index in [0.29, 0.717) is 30.0 Å². The summed E-state index contributed by atoms with van der Waals surface area (Å²) in [5.41, 5.74) is 1.62. The minimum absolute atomic E-state index is 0.0176. The van der Waals surface area contributed by atoms with Crippen molar-refractivity contribution >= 4 is 27.5 Å². The van der Waals surface area contributed by atoms with Gasteiger partial charge in [-0.2, -0.15) is 5.26 Å². The van der Waals surface area contributed by atoms with Crippen LogP contribution in [0.3, 0.4) is 0 Å². The van der Waals surface area contributed by atoms with Gasteiger partial charge in [0.05, 0.1) is 28.9 Å². The Kier molecular flexibility index (Phi) is 6.08. The molecule has 1 atom stereocenters. The number of thioether (sulfide) groups is 1. The molecule has 1 aliphatic rings. The average molecular weight is 352 g/mol. The van der Waals surface area contributed by atoms with E-state index in [9.17, 15) is 13.2 Å². The van der Waals surface area contributed by atoms with Crippen LogP contribution in [0.5, 0.6) is 0 Å². The fourth-order valence-electron chi connectivity index (χ4n) is 2.73. The zero-order valence-corrected chi connectivity index (χ0v) is 14.7. The van der Waals surface area contributed by atoms with Crippen LogP contribution in [0.4, 0.5) is 0 Å². The van der Waals surface area contributed by atoms with Crippen LogP contribution in [0.2, 0.25) is 0 Å². The zero-order chi connectivity index (χ0) is 16.9. The van der Waals surface area contributed by atoms with Gasteiger partial charge in [0.25, 0.3) is 0 Å². The maximum Gasteiger partial charge on any atom is 0.232 e. The molecule has 1 saturated heterocycles. The van der Waals surface area contributed by atoms with Crippen molar-refractivity contribution in [3.8, 4) is 6.07 Å². The summed E-state index contributed by atoms with van der Waals surface area (Å²) in [5, 5.41) is 8.88. The molecule has 0 radical (unpaired) electrons. The van der Waals surface area contributed by atoms with Crippen molar-refractivity contribution in [3.63, 3.8) is 0 Å². The zero-order valence-electron chi connectivity index (χ0n) is 13.1. The number of sulfone groups is 1. The van der Waals surface area contributed by atoms with Gasteiger partial charge < -0.3 is 4.90 Å². The lowest BCUT2D eigenvalue weighted by molar-refractivity contribution is -0.129. The van der Waals surface area contributed by atoms with Crippen molar-refractivity contribution in [2.75, 3.05) is 23.8 Å². The van der Waals surface area contributed by atoms with Crippen molar-refractivity contribution in [2.45, 2.75) is 25.1 Å². The van der Waals surface area contributed by atoms with E-state index < -0.39 is 9.84 Å². The first kappa shape index (κ1) is 17.8. The molecule has 1 fully saturated rings. The first-order chi connectivity index (χ1) is 10.9. The van der Waals surface area contributed by atoms with E-state index in [4.69, 9.17) is 5.26 Å². The second-order valence-corrected chi connectivity index (χ2v) is 8.76. The van der Waals surface area contributed by atoms with Crippen LogP contribution in [-0.4, -0.2) is 49.1 Å². The normalized spacial score (nSPS) is 19.2. The van der Waals surface area contributed by atoms with Crippen LogP contribution >= 0.6 is 11.8 Å². The van der Waals surface area contributed by atoms with Crippen molar-refractivity contribution in [1.29, 1.82) is 5.26 Å². The smallest absolute Gasteiger partial charge is 0.232 e. The van der Waals surface area contributed by atoms with Crippen molar-refractivity contribution < 1.29 is 13.2 Å². The number of benzene rings is 1. The molecule has 124 valence electrons. The van der Waals surface area contributed by atoms with Gasteiger partial charge in [-0.3, -0.25) is 4.79 Å². The number of nitrogens with zero attached hydrogens (tertiary/aromatic N) is 2. The van der Waals surface area contributed by atoms with Crippen molar-refractivity contribution in [1.82, 2.24) is 4.90 Å². The fraction of sp³-hybridized carbons (Fsp3) is 0.500. The lowest BCUT2D eigenvalue weighted by Gasteiger charge is -2.26. The Balaban J connectivity index is 1.87. The van der Waals surface area contributed by atoms with Gasteiger partial charge >= 0.3 is 0 Å². The monoisotopic (exact) mass is 352 g/mol. The number of amides is 1. The summed E-state index contributed by atoms with van der Waals surface area (Å²) in [6.07, 6.45) is 0.538. The summed E-state index contributed by atoms with van der Waals surface area (Å²) in [5.74, 6) is 1.22. The molecule has 0 spiro atoms. The van der Waals surface area contributed by atoms with Gasteiger partial charge in [-0.05, 0) is 31.0 Å². The topological polar surface area (TPSA) is 78.2 Å². The third-order valence-electron chi connectivity index (χ3n) is 3.86. The van der Waals surface area contributed by atoms with E-state index in [1.807, 2.05) is 25.1 Å². The third kappa shape index (κ3) is 4.98. The van der Waals surface area contributed by atoms with Crippen LogP contribution in [-0.2, 0) is 20.4 Å². The van der Waals surface area contributed by atoms with Crippen molar-refractivity contribution in [3.05, 3.63) is 35.4 Å². The molecule has 0 saturated carbocycles. The number of hydrogen-bond donors (Lipinski definition) is 0. The molecule has 2 rings (SSSR count). The van der Waals surface area contributed by atoms with E-state index in [2.05, 4.69) is 6.07 Å². The summed E-state index contributed by atoms with van der Waals surface area (Å²) >= 11 is 1.49. The van der Waals surface area contributed by atoms with Gasteiger partial charge in [-0.15, -0.1) is 11.8 Å². The molecule has 1 aromatic carbocycles. The Hall–Kier alpha value is -1.52. The van der Waals surface area contributed by atoms with E-state index in [1.165, 1.54) is 11.8 Å². The molecular weight excluding hydrogens is 332 g/mol. The van der Waals surface area contributed by atoms with E-state index in [-0.39, 0.29) is 23.5 Å². The number of hydrogen-bond acceptors (Lipinski definition) is 5. The number of nitriles is 1. The van der Waals surface area contributed by atoms with Gasteiger partial charge in [-0.25, -0.2) is 8.42 Å². The Morgan fingerprint density at radius 3 is 2.87 bits per heavy atom. The van der Waals surface area contributed by atoms with Gasteiger partial charge in [0.2, 0.25) is 5.91 Å². The molecule has 23 heavy (non-hydrogen) atoms. The maximum atomic E-state index is 12.3. The summed E-state index contributed by atoms with van der Waals surface area (Å²) in [6.45, 7) is 2.41. The Bertz CT molecular complexity index is 710. The largest absolute Gasteiger partial charge is 0.338 e. The Morgan fingerprint density at radius 1 is 1.48 bits per heavy atom. The molecule has 1 amide bonds. The van der Waals surface area contributed by atoms with Crippen molar-refractivity contribution in [2.24, 2.45) is 0 Å². The lowest BCUT2D eigenvalue weighted by Crippen LogP contribution is -2.41. The Morgan fingerprint density at radius 2 is 2.26 bits per heavy atom. The van der Waals surface area contributed by atoms with Gasteiger partial charge in [0.15, 0.2) is 9.84 Å². The molecular formula is C16H20N2O3S2. The van der Waals surface area contributed by atoms with Gasteiger partial charge in [0.1, 0.15) is 0 Å². The molecule has 0 unspecified atom stereocenters. The average Bonchev–Trinajstić information content (AvgIpc) is 2.88. The molecule has 7 heteroatoms. The van der Waals surface area contributed by atoms with Gasteiger partial charge in [0, 0.05) is 18.3 Å². The van der Waals surface area contributed by atoms with Crippen LogP contribution in [0, 0.1) is 11.3 Å². The first-order valence-corrected chi connectivity index (χ1v) is 10.5. The number of carbonyl (C=O) groups excluding carboxylic acids is 1.